The van der Waals surface area contributed by atoms with Gasteiger partial charge in [0.2, 0.25) is 0 Å². The minimum atomic E-state index is -1.54. The zero-order valence-corrected chi connectivity index (χ0v) is 40.8. The molecule has 1 heterocycles. The van der Waals surface area contributed by atoms with E-state index < -0.39 is 43.4 Å². The summed E-state index contributed by atoms with van der Waals surface area (Å²) in [4.78, 5) is 12.8. The lowest BCUT2D eigenvalue weighted by atomic mass is 9.99. The van der Waals surface area contributed by atoms with Gasteiger partial charge in [-0.2, -0.15) is 0 Å². The maximum Gasteiger partial charge on any atom is 0.306 e. The summed E-state index contributed by atoms with van der Waals surface area (Å²) >= 11 is 0. The number of rotatable bonds is 46. The van der Waals surface area contributed by atoms with Gasteiger partial charge in [-0.1, -0.05) is 217 Å². The van der Waals surface area contributed by atoms with Crippen LogP contribution in [0.2, 0.25) is 0 Å². The predicted octanol–water partition coefficient (Wildman–Crippen LogP) is 13.1. The summed E-state index contributed by atoms with van der Waals surface area (Å²) in [6.07, 6.45) is 48.9. The molecule has 0 radical (unpaired) electrons. The lowest BCUT2D eigenvalue weighted by molar-refractivity contribution is -0.305. The van der Waals surface area contributed by atoms with Crippen molar-refractivity contribution in [2.24, 2.45) is 0 Å². The topological polar surface area (TPSA) is 135 Å². The smallest absolute Gasteiger partial charge is 0.306 e. The summed E-state index contributed by atoms with van der Waals surface area (Å²) in [5.41, 5.74) is 0. The van der Waals surface area contributed by atoms with Crippen molar-refractivity contribution in [2.75, 3.05) is 26.4 Å². The molecule has 63 heavy (non-hydrogen) atoms. The normalized spacial score (nSPS) is 19.9. The molecular formula is C54H100O9. The standard InChI is InChI=1S/C54H100O9/c1-3-5-7-9-11-13-15-17-19-21-23-25-27-29-31-33-35-37-39-41-43-50(56)62-48(47-61-54-53(59)52(58)51(57)49(45-55)63-54)46-60-44-42-40-38-36-34-32-30-28-26-24-22-20-18-16-14-12-10-8-6-4-2/h12,14,18,20,24,26,48-49,51-55,57-59H,3-11,13,15-17,19,21-23,25,27-47H2,1-2H3/b14-12-,20-18-,26-24-. The third-order valence-electron chi connectivity index (χ3n) is 12.3. The molecule has 370 valence electrons. The molecular weight excluding hydrogens is 793 g/mol. The first-order chi connectivity index (χ1) is 30.9. The van der Waals surface area contributed by atoms with Crippen LogP contribution in [-0.4, -0.2) is 89.6 Å². The van der Waals surface area contributed by atoms with Gasteiger partial charge in [0, 0.05) is 13.0 Å². The molecule has 0 amide bonds. The monoisotopic (exact) mass is 893 g/mol. The van der Waals surface area contributed by atoms with Gasteiger partial charge in [0.1, 0.15) is 30.5 Å². The lowest BCUT2D eigenvalue weighted by Crippen LogP contribution is -2.59. The molecule has 4 N–H and O–H groups in total. The fourth-order valence-corrected chi connectivity index (χ4v) is 8.15. The number of allylic oxidation sites excluding steroid dienone is 6. The van der Waals surface area contributed by atoms with Gasteiger partial charge >= 0.3 is 5.97 Å². The SMILES string of the molecule is CCCCC/C=C\C/C=C\C/C=C\CCCCCCCCCOCC(COC1OC(CO)C(O)C(O)C1O)OC(=O)CCCCCCCCCCCCCCCCCCCCCC. The number of carbonyl (C=O) groups is 1. The highest BCUT2D eigenvalue weighted by molar-refractivity contribution is 5.69. The van der Waals surface area contributed by atoms with Crippen molar-refractivity contribution in [2.45, 2.75) is 275 Å². The van der Waals surface area contributed by atoms with Crippen molar-refractivity contribution in [3.8, 4) is 0 Å². The number of esters is 1. The Morgan fingerprint density at radius 2 is 0.921 bits per heavy atom. The number of carbonyl (C=O) groups excluding carboxylic acids is 1. The number of unbranched alkanes of at least 4 members (excludes halogenated alkanes) is 29. The Hall–Kier alpha value is -1.59. The van der Waals surface area contributed by atoms with Crippen molar-refractivity contribution in [1.29, 1.82) is 0 Å². The first-order valence-electron chi connectivity index (χ1n) is 26.6. The summed E-state index contributed by atoms with van der Waals surface area (Å²) in [5.74, 6) is -0.313. The Labute approximate surface area is 387 Å². The average Bonchev–Trinajstić information content (AvgIpc) is 3.28. The maximum atomic E-state index is 12.8. The molecule has 6 atom stereocenters. The van der Waals surface area contributed by atoms with E-state index in [1.807, 2.05) is 0 Å². The second-order valence-electron chi connectivity index (χ2n) is 18.3. The summed E-state index contributed by atoms with van der Waals surface area (Å²) in [7, 11) is 0. The summed E-state index contributed by atoms with van der Waals surface area (Å²) in [6.45, 7) is 4.55. The van der Waals surface area contributed by atoms with Crippen LogP contribution in [0.5, 0.6) is 0 Å². The third kappa shape index (κ3) is 36.2. The van der Waals surface area contributed by atoms with Crippen molar-refractivity contribution in [1.82, 2.24) is 0 Å². The van der Waals surface area contributed by atoms with E-state index in [4.69, 9.17) is 18.9 Å². The van der Waals surface area contributed by atoms with Crippen LogP contribution >= 0.6 is 0 Å². The Morgan fingerprint density at radius 1 is 0.508 bits per heavy atom. The van der Waals surface area contributed by atoms with Crippen LogP contribution in [0.3, 0.4) is 0 Å². The number of hydrogen-bond acceptors (Lipinski definition) is 9. The molecule has 1 aliphatic heterocycles. The van der Waals surface area contributed by atoms with E-state index in [9.17, 15) is 25.2 Å². The van der Waals surface area contributed by atoms with Crippen molar-refractivity contribution < 1.29 is 44.2 Å². The molecule has 0 bridgehead atoms. The molecule has 0 saturated carbocycles. The zero-order valence-electron chi connectivity index (χ0n) is 40.8. The van der Waals surface area contributed by atoms with Crippen LogP contribution in [0.15, 0.2) is 36.5 Å². The van der Waals surface area contributed by atoms with E-state index in [2.05, 4.69) is 50.3 Å². The van der Waals surface area contributed by atoms with Gasteiger partial charge in [-0.25, -0.2) is 0 Å². The molecule has 1 rings (SSSR count). The van der Waals surface area contributed by atoms with E-state index in [-0.39, 0.29) is 19.2 Å². The van der Waals surface area contributed by atoms with E-state index in [1.165, 1.54) is 161 Å². The van der Waals surface area contributed by atoms with Gasteiger partial charge in [0.25, 0.3) is 0 Å². The van der Waals surface area contributed by atoms with Gasteiger partial charge in [-0.3, -0.25) is 4.79 Å². The minimum Gasteiger partial charge on any atom is -0.457 e. The van der Waals surface area contributed by atoms with Crippen molar-refractivity contribution >= 4 is 5.97 Å². The summed E-state index contributed by atoms with van der Waals surface area (Å²) < 4.78 is 22.9. The van der Waals surface area contributed by atoms with Gasteiger partial charge in [-0.05, 0) is 51.4 Å². The van der Waals surface area contributed by atoms with E-state index >= 15 is 0 Å². The number of aliphatic hydroxyl groups is 4. The largest absolute Gasteiger partial charge is 0.457 e. The van der Waals surface area contributed by atoms with Crippen LogP contribution in [-0.2, 0) is 23.7 Å². The van der Waals surface area contributed by atoms with Gasteiger partial charge in [-0.15, -0.1) is 0 Å². The number of ether oxygens (including phenoxy) is 4. The third-order valence-corrected chi connectivity index (χ3v) is 12.3. The first-order valence-corrected chi connectivity index (χ1v) is 26.6. The average molecular weight is 893 g/mol. The Kier molecular flexibility index (Phi) is 43.0. The highest BCUT2D eigenvalue weighted by Gasteiger charge is 2.44. The lowest BCUT2D eigenvalue weighted by Gasteiger charge is -2.39. The van der Waals surface area contributed by atoms with Crippen LogP contribution in [0.1, 0.15) is 239 Å². The van der Waals surface area contributed by atoms with E-state index in [0.29, 0.717) is 13.0 Å². The van der Waals surface area contributed by atoms with Crippen molar-refractivity contribution in [3.63, 3.8) is 0 Å². The van der Waals surface area contributed by atoms with Gasteiger partial charge < -0.3 is 39.4 Å². The van der Waals surface area contributed by atoms with E-state index in [1.54, 1.807) is 0 Å². The zero-order chi connectivity index (χ0) is 45.7. The number of aliphatic hydroxyl groups excluding tert-OH is 4. The molecule has 9 heteroatoms. The Morgan fingerprint density at radius 3 is 1.41 bits per heavy atom. The maximum absolute atomic E-state index is 12.8. The van der Waals surface area contributed by atoms with E-state index in [0.717, 1.165) is 57.8 Å². The second kappa shape index (κ2) is 45.6. The highest BCUT2D eigenvalue weighted by Crippen LogP contribution is 2.23. The molecule has 0 aliphatic carbocycles. The number of hydrogen-bond donors (Lipinski definition) is 4. The summed E-state index contributed by atoms with van der Waals surface area (Å²) in [6, 6.07) is 0. The molecule has 1 saturated heterocycles. The molecule has 9 nitrogen and oxygen atoms in total. The van der Waals surface area contributed by atoms with Crippen LogP contribution in [0.25, 0.3) is 0 Å². The minimum absolute atomic E-state index is 0.115. The van der Waals surface area contributed by atoms with Gasteiger partial charge in [0.05, 0.1) is 19.8 Å². The van der Waals surface area contributed by atoms with Crippen LogP contribution < -0.4 is 0 Å². The van der Waals surface area contributed by atoms with Crippen LogP contribution in [0.4, 0.5) is 0 Å². The fraction of sp³-hybridized carbons (Fsp3) is 0.870. The summed E-state index contributed by atoms with van der Waals surface area (Å²) in [5, 5.41) is 40.3. The van der Waals surface area contributed by atoms with Crippen molar-refractivity contribution in [3.05, 3.63) is 36.5 Å². The van der Waals surface area contributed by atoms with Gasteiger partial charge in [0.15, 0.2) is 6.29 Å². The Bertz CT molecular complexity index is 1060. The second-order valence-corrected chi connectivity index (χ2v) is 18.3. The highest BCUT2D eigenvalue weighted by atomic mass is 16.7. The molecule has 1 fully saturated rings. The molecule has 0 spiro atoms. The predicted molar refractivity (Wildman–Crippen MR) is 261 cm³/mol. The molecule has 6 unspecified atom stereocenters. The van der Waals surface area contributed by atoms with Crippen LogP contribution in [0, 0.1) is 0 Å². The molecule has 0 aromatic heterocycles. The Balaban J connectivity index is 2.19. The molecule has 0 aromatic carbocycles. The first kappa shape index (κ1) is 59.4. The quantitative estimate of drug-likeness (QED) is 0.0268. The fourth-order valence-electron chi connectivity index (χ4n) is 8.15. The molecule has 0 aromatic rings. The molecule has 1 aliphatic rings.